The molecular weight excluding hydrogens is 420 g/mol. The SMILES string of the molecule is CCCCc1ncc(/C(C)=C(\C(=O)O)c2cc(OC)cs2)n1Cc1ccccc1Cl. The predicted molar refractivity (Wildman–Crippen MR) is 122 cm³/mol. The van der Waals surface area contributed by atoms with Crippen molar-refractivity contribution in [1.82, 2.24) is 9.55 Å². The first-order chi connectivity index (χ1) is 14.5. The number of rotatable bonds is 9. The highest BCUT2D eigenvalue weighted by Crippen LogP contribution is 2.34. The largest absolute Gasteiger partial charge is 0.496 e. The van der Waals surface area contributed by atoms with Gasteiger partial charge in [-0.05, 0) is 36.6 Å². The quantitative estimate of drug-likeness (QED) is 0.410. The second kappa shape index (κ2) is 9.96. The number of carbonyl (C=O) groups is 1. The lowest BCUT2D eigenvalue weighted by atomic mass is 10.0. The summed E-state index contributed by atoms with van der Waals surface area (Å²) in [6.07, 6.45) is 4.66. The highest BCUT2D eigenvalue weighted by Gasteiger charge is 2.21. The van der Waals surface area contributed by atoms with E-state index in [1.54, 1.807) is 24.8 Å². The average molecular weight is 445 g/mol. The number of halogens is 1. The number of hydrogen-bond donors (Lipinski definition) is 1. The number of imidazole rings is 1. The lowest BCUT2D eigenvalue weighted by Gasteiger charge is -2.15. The molecule has 2 aromatic heterocycles. The van der Waals surface area contributed by atoms with Crippen molar-refractivity contribution in [2.75, 3.05) is 7.11 Å². The summed E-state index contributed by atoms with van der Waals surface area (Å²) < 4.78 is 7.32. The van der Waals surface area contributed by atoms with Gasteiger partial charge >= 0.3 is 5.97 Å². The van der Waals surface area contributed by atoms with Crippen LogP contribution in [-0.2, 0) is 17.8 Å². The summed E-state index contributed by atoms with van der Waals surface area (Å²) in [4.78, 5) is 17.5. The minimum Gasteiger partial charge on any atom is -0.496 e. The van der Waals surface area contributed by atoms with Crippen LogP contribution in [0.4, 0.5) is 0 Å². The highest BCUT2D eigenvalue weighted by atomic mass is 35.5. The summed E-state index contributed by atoms with van der Waals surface area (Å²) in [5.74, 6) is 0.604. The van der Waals surface area contributed by atoms with Crippen LogP contribution in [0.2, 0.25) is 5.02 Å². The Labute approximate surface area is 185 Å². The van der Waals surface area contributed by atoms with Crippen molar-refractivity contribution in [3.63, 3.8) is 0 Å². The third-order valence-corrected chi connectivity index (χ3v) is 6.30. The van der Waals surface area contributed by atoms with E-state index in [-0.39, 0.29) is 5.57 Å². The molecule has 158 valence electrons. The van der Waals surface area contributed by atoms with Crippen molar-refractivity contribution in [3.05, 3.63) is 68.9 Å². The number of benzene rings is 1. The minimum absolute atomic E-state index is 0.255. The number of carboxylic acid groups (broad SMARTS) is 1. The Balaban J connectivity index is 2.12. The van der Waals surface area contributed by atoms with E-state index in [9.17, 15) is 9.90 Å². The topological polar surface area (TPSA) is 64.3 Å². The lowest BCUT2D eigenvalue weighted by Crippen LogP contribution is -2.10. The van der Waals surface area contributed by atoms with Crippen molar-refractivity contribution in [3.8, 4) is 5.75 Å². The molecule has 1 N–H and O–H groups in total. The second-order valence-corrected chi connectivity index (χ2v) is 8.32. The lowest BCUT2D eigenvalue weighted by molar-refractivity contribution is -0.130. The van der Waals surface area contributed by atoms with Crippen LogP contribution in [0.5, 0.6) is 5.75 Å². The van der Waals surface area contributed by atoms with Crippen molar-refractivity contribution in [1.29, 1.82) is 0 Å². The summed E-state index contributed by atoms with van der Waals surface area (Å²) in [5.41, 5.74) is 2.67. The first-order valence-corrected chi connectivity index (χ1v) is 11.1. The predicted octanol–water partition coefficient (Wildman–Crippen LogP) is 6.01. The van der Waals surface area contributed by atoms with Crippen LogP contribution in [0.3, 0.4) is 0 Å². The molecule has 0 saturated heterocycles. The molecule has 0 aliphatic heterocycles. The van der Waals surface area contributed by atoms with E-state index in [1.165, 1.54) is 11.3 Å². The number of thiophene rings is 1. The summed E-state index contributed by atoms with van der Waals surface area (Å²) in [5, 5.41) is 12.5. The molecule has 0 aliphatic carbocycles. The van der Waals surface area contributed by atoms with E-state index < -0.39 is 5.97 Å². The molecule has 5 nitrogen and oxygen atoms in total. The Hall–Kier alpha value is -2.57. The normalized spacial score (nSPS) is 12.0. The summed E-state index contributed by atoms with van der Waals surface area (Å²) in [6.45, 7) is 4.51. The Bertz CT molecular complexity index is 1070. The second-order valence-electron chi connectivity index (χ2n) is 7.00. The van der Waals surface area contributed by atoms with E-state index in [4.69, 9.17) is 16.3 Å². The van der Waals surface area contributed by atoms with Gasteiger partial charge in [0, 0.05) is 21.7 Å². The summed E-state index contributed by atoms with van der Waals surface area (Å²) in [6, 6.07) is 9.45. The zero-order valence-corrected chi connectivity index (χ0v) is 18.9. The fourth-order valence-corrected chi connectivity index (χ4v) is 4.50. The average Bonchev–Trinajstić information content (AvgIpc) is 3.35. The Morgan fingerprint density at radius 1 is 1.33 bits per heavy atom. The van der Waals surface area contributed by atoms with Crippen LogP contribution in [0, 0.1) is 0 Å². The van der Waals surface area contributed by atoms with Gasteiger partial charge in [0.05, 0.1) is 31.1 Å². The molecule has 3 aromatic rings. The number of carboxylic acids is 1. The highest BCUT2D eigenvalue weighted by molar-refractivity contribution is 7.12. The summed E-state index contributed by atoms with van der Waals surface area (Å²) in [7, 11) is 1.57. The molecule has 2 heterocycles. The molecule has 0 amide bonds. The molecule has 0 radical (unpaired) electrons. The van der Waals surface area contributed by atoms with Gasteiger partial charge in [0.1, 0.15) is 11.6 Å². The third kappa shape index (κ3) is 4.77. The zero-order chi connectivity index (χ0) is 21.7. The van der Waals surface area contributed by atoms with Crippen LogP contribution < -0.4 is 4.74 Å². The van der Waals surface area contributed by atoms with Crippen LogP contribution in [-0.4, -0.2) is 27.7 Å². The van der Waals surface area contributed by atoms with Crippen molar-refractivity contribution in [2.45, 2.75) is 39.7 Å². The number of unbranched alkanes of at least 4 members (excludes halogenated alkanes) is 1. The molecular formula is C23H25ClN2O3S. The van der Waals surface area contributed by atoms with Gasteiger partial charge in [-0.15, -0.1) is 11.3 Å². The monoisotopic (exact) mass is 444 g/mol. The number of allylic oxidation sites excluding steroid dienone is 1. The molecule has 0 unspecified atom stereocenters. The molecule has 0 atom stereocenters. The Morgan fingerprint density at radius 3 is 2.73 bits per heavy atom. The molecule has 0 aliphatic rings. The Morgan fingerprint density at radius 2 is 2.10 bits per heavy atom. The standard InChI is InChI=1S/C23H25ClN2O3S/c1-4-5-10-21-25-12-19(26(21)13-16-8-6-7-9-18(16)24)15(2)22(23(27)28)20-11-17(29-3)14-30-20/h6-9,11-12,14H,4-5,10,13H2,1-3H3,(H,27,28)/b22-15-. The number of aliphatic carboxylic acids is 1. The fraction of sp³-hybridized carbons (Fsp3) is 0.304. The van der Waals surface area contributed by atoms with Crippen LogP contribution >= 0.6 is 22.9 Å². The van der Waals surface area contributed by atoms with Crippen molar-refractivity contribution < 1.29 is 14.6 Å². The maximum absolute atomic E-state index is 12.2. The van der Waals surface area contributed by atoms with E-state index in [0.29, 0.717) is 27.8 Å². The number of hydrogen-bond acceptors (Lipinski definition) is 4. The maximum atomic E-state index is 12.2. The molecule has 0 spiro atoms. The number of ether oxygens (including phenoxy) is 1. The van der Waals surface area contributed by atoms with E-state index in [0.717, 1.165) is 36.3 Å². The molecule has 30 heavy (non-hydrogen) atoms. The van der Waals surface area contributed by atoms with Gasteiger partial charge in [0.15, 0.2) is 0 Å². The van der Waals surface area contributed by atoms with Gasteiger partial charge in [-0.2, -0.15) is 0 Å². The molecule has 0 saturated carbocycles. The molecule has 7 heteroatoms. The van der Waals surface area contributed by atoms with Gasteiger partial charge in [0.2, 0.25) is 0 Å². The maximum Gasteiger partial charge on any atom is 0.337 e. The first-order valence-electron chi connectivity index (χ1n) is 9.81. The van der Waals surface area contributed by atoms with Gasteiger partial charge in [0.25, 0.3) is 0 Å². The molecule has 3 rings (SSSR count). The number of aromatic nitrogens is 2. The Kier molecular flexibility index (Phi) is 7.34. The molecule has 0 fully saturated rings. The van der Waals surface area contributed by atoms with Crippen LogP contribution in [0.25, 0.3) is 11.1 Å². The zero-order valence-electron chi connectivity index (χ0n) is 17.3. The minimum atomic E-state index is -0.974. The number of methoxy groups -OCH3 is 1. The third-order valence-electron chi connectivity index (χ3n) is 5.01. The first kappa shape index (κ1) is 22.1. The van der Waals surface area contributed by atoms with Gasteiger partial charge < -0.3 is 14.4 Å². The molecule has 1 aromatic carbocycles. The van der Waals surface area contributed by atoms with Gasteiger partial charge in [-0.1, -0.05) is 43.1 Å². The van der Waals surface area contributed by atoms with Crippen LogP contribution in [0.1, 0.15) is 48.6 Å². The fourth-order valence-electron chi connectivity index (χ4n) is 3.36. The van der Waals surface area contributed by atoms with Gasteiger partial charge in [-0.25, -0.2) is 9.78 Å². The van der Waals surface area contributed by atoms with Crippen LogP contribution in [0.15, 0.2) is 41.9 Å². The number of nitrogens with zero attached hydrogens (tertiary/aromatic N) is 2. The van der Waals surface area contributed by atoms with E-state index in [1.807, 2.05) is 31.2 Å². The number of aryl methyl sites for hydroxylation is 1. The van der Waals surface area contributed by atoms with Gasteiger partial charge in [-0.3, -0.25) is 0 Å². The van der Waals surface area contributed by atoms with Crippen molar-refractivity contribution >= 4 is 40.1 Å². The smallest absolute Gasteiger partial charge is 0.337 e. The molecule has 0 bridgehead atoms. The summed E-state index contributed by atoms with van der Waals surface area (Å²) >= 11 is 7.76. The van der Waals surface area contributed by atoms with E-state index in [2.05, 4.69) is 16.5 Å². The van der Waals surface area contributed by atoms with Crippen molar-refractivity contribution in [2.24, 2.45) is 0 Å². The van der Waals surface area contributed by atoms with E-state index >= 15 is 0 Å².